The molecule has 2 rings (SSSR count). The van der Waals surface area contributed by atoms with Gasteiger partial charge in [0, 0.05) is 17.9 Å². The van der Waals surface area contributed by atoms with E-state index in [2.05, 4.69) is 24.1 Å². The van der Waals surface area contributed by atoms with E-state index in [1.165, 1.54) is 25.7 Å². The normalized spacial score (nSPS) is 24.1. The van der Waals surface area contributed by atoms with Crippen molar-refractivity contribution in [2.45, 2.75) is 45.6 Å². The van der Waals surface area contributed by atoms with Gasteiger partial charge in [0.1, 0.15) is 5.15 Å². The first kappa shape index (κ1) is 11.7. The first-order valence-electron chi connectivity index (χ1n) is 5.93. The van der Waals surface area contributed by atoms with Crippen molar-refractivity contribution in [3.05, 3.63) is 23.5 Å². The molecule has 1 unspecified atom stereocenters. The molecule has 1 aliphatic rings. The number of nitrogens with zero attached hydrogens (tertiary/aromatic N) is 1. The Bertz CT molecular complexity index is 363. The highest BCUT2D eigenvalue weighted by atomic mass is 35.5. The largest absolute Gasteiger partial charge is 0.382 e. The molecule has 0 amide bonds. The molecule has 0 aliphatic heterocycles. The van der Waals surface area contributed by atoms with Crippen molar-refractivity contribution in [1.82, 2.24) is 4.98 Å². The molecular formula is C13H19ClN2. The molecule has 1 saturated carbocycles. The van der Waals surface area contributed by atoms with E-state index in [-0.39, 0.29) is 0 Å². The molecule has 0 saturated heterocycles. The molecule has 1 aromatic heterocycles. The molecule has 1 aliphatic carbocycles. The smallest absolute Gasteiger partial charge is 0.131 e. The minimum absolute atomic E-state index is 0.465. The molecule has 1 fully saturated rings. The Kier molecular flexibility index (Phi) is 3.38. The average Bonchev–Trinajstić information content (AvgIpc) is 2.15. The molecular weight excluding hydrogens is 220 g/mol. The summed E-state index contributed by atoms with van der Waals surface area (Å²) in [5.41, 5.74) is 1.55. The fourth-order valence-electron chi connectivity index (χ4n) is 2.55. The summed E-state index contributed by atoms with van der Waals surface area (Å²) in [6, 6.07) is 4.44. The Morgan fingerprint density at radius 1 is 1.50 bits per heavy atom. The highest BCUT2D eigenvalue weighted by molar-refractivity contribution is 6.29. The van der Waals surface area contributed by atoms with Crippen molar-refractivity contribution >= 4 is 17.3 Å². The topological polar surface area (TPSA) is 24.9 Å². The molecule has 16 heavy (non-hydrogen) atoms. The lowest BCUT2D eigenvalue weighted by atomic mass is 9.75. The van der Waals surface area contributed by atoms with E-state index in [9.17, 15) is 0 Å². The summed E-state index contributed by atoms with van der Waals surface area (Å²) in [6.45, 7) is 4.70. The van der Waals surface area contributed by atoms with Crippen LogP contribution in [0.4, 0.5) is 5.69 Å². The Hall–Kier alpha value is -0.760. The highest BCUT2D eigenvalue weighted by Crippen LogP contribution is 2.36. The summed E-state index contributed by atoms with van der Waals surface area (Å²) in [4.78, 5) is 3.99. The summed E-state index contributed by atoms with van der Waals surface area (Å²) < 4.78 is 0. The Balaban J connectivity index is 1.99. The summed E-state index contributed by atoms with van der Waals surface area (Å²) in [7, 11) is 0. The second kappa shape index (κ2) is 4.62. The monoisotopic (exact) mass is 238 g/mol. The fraction of sp³-hybridized carbons (Fsp3) is 0.615. The van der Waals surface area contributed by atoms with Crippen LogP contribution in [0.5, 0.6) is 0 Å². The number of pyridine rings is 1. The van der Waals surface area contributed by atoms with E-state index in [4.69, 9.17) is 11.6 Å². The summed E-state index contributed by atoms with van der Waals surface area (Å²) >= 11 is 5.87. The van der Waals surface area contributed by atoms with Gasteiger partial charge in [0.05, 0.1) is 0 Å². The number of hydrogen-bond acceptors (Lipinski definition) is 2. The Morgan fingerprint density at radius 3 is 3.00 bits per heavy atom. The molecule has 3 heteroatoms. The summed E-state index contributed by atoms with van der Waals surface area (Å²) in [6.07, 6.45) is 6.88. The third-order valence-corrected chi connectivity index (χ3v) is 3.51. The molecule has 0 bridgehead atoms. The van der Waals surface area contributed by atoms with Crippen molar-refractivity contribution in [2.24, 2.45) is 5.41 Å². The maximum atomic E-state index is 5.87. The van der Waals surface area contributed by atoms with Crippen molar-refractivity contribution in [1.29, 1.82) is 0 Å². The van der Waals surface area contributed by atoms with Crippen LogP contribution in [0.1, 0.15) is 39.5 Å². The van der Waals surface area contributed by atoms with Gasteiger partial charge in [-0.1, -0.05) is 31.9 Å². The van der Waals surface area contributed by atoms with E-state index < -0.39 is 0 Å². The van der Waals surface area contributed by atoms with Gasteiger partial charge in [-0.3, -0.25) is 0 Å². The second-order valence-electron chi connectivity index (χ2n) is 5.47. The minimum atomic E-state index is 0.465. The van der Waals surface area contributed by atoms with E-state index in [1.54, 1.807) is 6.20 Å². The van der Waals surface area contributed by atoms with E-state index in [0.717, 1.165) is 5.69 Å². The quantitative estimate of drug-likeness (QED) is 0.785. The lowest BCUT2D eigenvalue weighted by Gasteiger charge is -2.36. The van der Waals surface area contributed by atoms with Crippen molar-refractivity contribution in [2.75, 3.05) is 5.32 Å². The van der Waals surface area contributed by atoms with Gasteiger partial charge in [0.25, 0.3) is 0 Å². The van der Waals surface area contributed by atoms with Crippen molar-refractivity contribution in [3.8, 4) is 0 Å². The number of nitrogens with one attached hydrogen (secondary N) is 1. The maximum absolute atomic E-state index is 5.87. The van der Waals surface area contributed by atoms with Crippen LogP contribution in [0, 0.1) is 5.41 Å². The molecule has 88 valence electrons. The van der Waals surface area contributed by atoms with Crippen molar-refractivity contribution in [3.63, 3.8) is 0 Å². The zero-order valence-corrected chi connectivity index (χ0v) is 10.7. The van der Waals surface area contributed by atoms with Crippen molar-refractivity contribution < 1.29 is 0 Å². The van der Waals surface area contributed by atoms with E-state index in [1.807, 2.05) is 12.1 Å². The van der Waals surface area contributed by atoms with Gasteiger partial charge in [-0.15, -0.1) is 0 Å². The predicted octanol–water partition coefficient (Wildman–Crippen LogP) is 4.12. The molecule has 1 heterocycles. The van der Waals surface area contributed by atoms with Crippen LogP contribution < -0.4 is 5.32 Å². The van der Waals surface area contributed by atoms with Crippen LogP contribution in [0.15, 0.2) is 18.3 Å². The lowest BCUT2D eigenvalue weighted by molar-refractivity contribution is 0.229. The second-order valence-corrected chi connectivity index (χ2v) is 5.86. The molecule has 2 nitrogen and oxygen atoms in total. The molecule has 0 spiro atoms. The summed E-state index contributed by atoms with van der Waals surface area (Å²) in [5.74, 6) is 0. The van der Waals surface area contributed by atoms with Gasteiger partial charge < -0.3 is 5.32 Å². The number of rotatable bonds is 2. The number of halogens is 1. The number of anilines is 1. The molecule has 1 atom stereocenters. The van der Waals surface area contributed by atoms with Gasteiger partial charge in [-0.25, -0.2) is 4.98 Å². The van der Waals surface area contributed by atoms with Crippen LogP contribution in [0.2, 0.25) is 5.15 Å². The van der Waals surface area contributed by atoms with Crippen LogP contribution >= 0.6 is 11.6 Å². The number of hydrogen-bond donors (Lipinski definition) is 1. The lowest BCUT2D eigenvalue weighted by Crippen LogP contribution is -2.31. The first-order valence-corrected chi connectivity index (χ1v) is 6.31. The van der Waals surface area contributed by atoms with Gasteiger partial charge >= 0.3 is 0 Å². The van der Waals surface area contributed by atoms with Gasteiger partial charge in [0.2, 0.25) is 0 Å². The molecule has 0 radical (unpaired) electrons. The molecule has 1 N–H and O–H groups in total. The Labute approximate surface area is 102 Å². The fourth-order valence-corrected chi connectivity index (χ4v) is 2.72. The van der Waals surface area contributed by atoms with Gasteiger partial charge in [-0.2, -0.15) is 0 Å². The highest BCUT2D eigenvalue weighted by Gasteiger charge is 2.27. The minimum Gasteiger partial charge on any atom is -0.382 e. The van der Waals surface area contributed by atoms with E-state index in [0.29, 0.717) is 16.6 Å². The molecule has 0 aromatic carbocycles. The maximum Gasteiger partial charge on any atom is 0.131 e. The zero-order chi connectivity index (χ0) is 11.6. The SMILES string of the molecule is CC1(C)CCCC(Nc2ccnc(Cl)c2)C1. The Morgan fingerprint density at radius 2 is 2.31 bits per heavy atom. The van der Waals surface area contributed by atoms with Gasteiger partial charge in [0.15, 0.2) is 0 Å². The van der Waals surface area contributed by atoms with Crippen LogP contribution in [-0.2, 0) is 0 Å². The number of aromatic nitrogens is 1. The standard InChI is InChI=1S/C13H19ClN2/c1-13(2)6-3-4-11(9-13)16-10-5-7-15-12(14)8-10/h5,7-8,11H,3-4,6,9H2,1-2H3,(H,15,16). The third-order valence-electron chi connectivity index (χ3n) is 3.30. The summed E-state index contributed by atoms with van der Waals surface area (Å²) in [5, 5.41) is 4.11. The van der Waals surface area contributed by atoms with Gasteiger partial charge in [-0.05, 0) is 36.8 Å². The van der Waals surface area contributed by atoms with Crippen LogP contribution in [0.3, 0.4) is 0 Å². The third kappa shape index (κ3) is 3.11. The zero-order valence-electron chi connectivity index (χ0n) is 9.96. The van der Waals surface area contributed by atoms with Crippen LogP contribution in [-0.4, -0.2) is 11.0 Å². The van der Waals surface area contributed by atoms with Crippen LogP contribution in [0.25, 0.3) is 0 Å². The first-order chi connectivity index (χ1) is 7.55. The van der Waals surface area contributed by atoms with E-state index >= 15 is 0 Å². The predicted molar refractivity (Wildman–Crippen MR) is 68.9 cm³/mol. The molecule has 1 aromatic rings. The average molecular weight is 239 g/mol.